The van der Waals surface area contributed by atoms with Gasteiger partial charge in [-0.3, -0.25) is 9.69 Å². The van der Waals surface area contributed by atoms with Crippen molar-refractivity contribution in [2.45, 2.75) is 57.6 Å². The second-order valence-electron chi connectivity index (χ2n) is 11.9. The average molecular weight is 648 g/mol. The number of anilines is 2. The molecular weight excluding hydrogens is 610 g/mol. The number of halogens is 4. The highest BCUT2D eigenvalue weighted by Gasteiger charge is 2.33. The van der Waals surface area contributed by atoms with Crippen molar-refractivity contribution >= 4 is 34.3 Å². The topological polar surface area (TPSA) is 109 Å². The molecule has 4 rings (SSSR count). The minimum Gasteiger partial charge on any atom is -0.477 e. The third kappa shape index (κ3) is 8.60. The van der Waals surface area contributed by atoms with E-state index in [-0.39, 0.29) is 52.6 Å². The lowest BCUT2D eigenvalue weighted by atomic mass is 10.0. The Bertz CT molecular complexity index is 1640. The number of hydrogen-bond acceptors (Lipinski definition) is 8. The molecule has 2 atom stereocenters. The highest BCUT2D eigenvalue weighted by atomic mass is 19.4. The molecule has 46 heavy (non-hydrogen) atoms. The Labute approximate surface area is 264 Å². The molecule has 0 spiro atoms. The Hall–Kier alpha value is -4.51. The molecule has 2 amide bonds. The van der Waals surface area contributed by atoms with Crippen LogP contribution in [0.5, 0.6) is 5.75 Å². The van der Waals surface area contributed by atoms with E-state index in [1.807, 2.05) is 11.9 Å². The number of alkyl halides is 4. The number of hydrogen-bond donors (Lipinski definition) is 2. The molecule has 3 heterocycles. The van der Waals surface area contributed by atoms with Gasteiger partial charge in [-0.2, -0.15) is 13.2 Å². The lowest BCUT2D eigenvalue weighted by Gasteiger charge is -2.33. The molecule has 1 aliphatic rings. The van der Waals surface area contributed by atoms with Gasteiger partial charge < -0.3 is 29.4 Å². The maximum atomic E-state index is 14.7. The first-order valence-corrected chi connectivity index (χ1v) is 14.6. The lowest BCUT2D eigenvalue weighted by molar-refractivity contribution is -0.127. The molecule has 0 aliphatic carbocycles. The van der Waals surface area contributed by atoms with Crippen molar-refractivity contribution in [3.05, 3.63) is 47.5 Å². The van der Waals surface area contributed by atoms with E-state index in [0.717, 1.165) is 4.90 Å². The summed E-state index contributed by atoms with van der Waals surface area (Å²) in [4.78, 5) is 32.1. The smallest absolute Gasteiger partial charge is 0.414 e. The van der Waals surface area contributed by atoms with Crippen molar-refractivity contribution in [1.82, 2.24) is 15.2 Å². The van der Waals surface area contributed by atoms with Crippen molar-refractivity contribution < 1.29 is 41.0 Å². The van der Waals surface area contributed by atoms with Gasteiger partial charge in [0.05, 0.1) is 30.0 Å². The molecule has 14 heteroatoms. The van der Waals surface area contributed by atoms with Gasteiger partial charge in [-0.05, 0) is 52.3 Å². The van der Waals surface area contributed by atoms with Gasteiger partial charge in [0.15, 0.2) is 17.1 Å². The van der Waals surface area contributed by atoms with Gasteiger partial charge in [-0.25, -0.2) is 14.2 Å². The molecular formula is C32H37F4N5O5. The van der Waals surface area contributed by atoms with Crippen molar-refractivity contribution in [3.8, 4) is 17.6 Å². The minimum absolute atomic E-state index is 0.00847. The molecule has 0 bridgehead atoms. The molecule has 2 aromatic heterocycles. The largest absolute Gasteiger partial charge is 0.477 e. The number of likely N-dealkylation sites (tertiary alicyclic amines) is 1. The summed E-state index contributed by atoms with van der Waals surface area (Å²) in [7, 11) is 4.68. The minimum atomic E-state index is -4.55. The summed E-state index contributed by atoms with van der Waals surface area (Å²) in [5.41, 5.74) is -0.268. The Morgan fingerprint density at radius 1 is 1.24 bits per heavy atom. The van der Waals surface area contributed by atoms with Crippen LogP contribution >= 0.6 is 0 Å². The second-order valence-corrected chi connectivity index (χ2v) is 11.9. The molecule has 10 nitrogen and oxygen atoms in total. The Kier molecular flexibility index (Phi) is 10.4. The summed E-state index contributed by atoms with van der Waals surface area (Å²) < 4.78 is 72.7. The molecule has 1 fully saturated rings. The molecule has 0 unspecified atom stereocenters. The van der Waals surface area contributed by atoms with Crippen LogP contribution in [0.3, 0.4) is 0 Å². The van der Waals surface area contributed by atoms with Crippen molar-refractivity contribution in [2.24, 2.45) is 0 Å². The van der Waals surface area contributed by atoms with Gasteiger partial charge >= 0.3 is 12.3 Å². The van der Waals surface area contributed by atoms with Crippen molar-refractivity contribution in [2.75, 3.05) is 51.1 Å². The number of furan rings is 1. The van der Waals surface area contributed by atoms with Crippen LogP contribution in [0.25, 0.3) is 11.0 Å². The Morgan fingerprint density at radius 3 is 2.63 bits per heavy atom. The fourth-order valence-electron chi connectivity index (χ4n) is 4.90. The highest BCUT2D eigenvalue weighted by Crippen LogP contribution is 2.36. The predicted octanol–water partition coefficient (Wildman–Crippen LogP) is 5.55. The summed E-state index contributed by atoms with van der Waals surface area (Å²) in [6.45, 7) is 5.67. The molecule has 2 N–H and O–H groups in total. The number of amides is 2. The molecule has 0 saturated carbocycles. The van der Waals surface area contributed by atoms with Crippen LogP contribution in [-0.4, -0.2) is 86.7 Å². The van der Waals surface area contributed by atoms with Gasteiger partial charge in [0.2, 0.25) is 0 Å². The monoisotopic (exact) mass is 647 g/mol. The number of carbonyl (C=O) groups excluding carboxylic acids is 2. The number of rotatable bonds is 7. The molecule has 1 saturated heterocycles. The van der Waals surface area contributed by atoms with Crippen LogP contribution < -0.4 is 20.3 Å². The van der Waals surface area contributed by atoms with Crippen LogP contribution in [0, 0.1) is 11.8 Å². The van der Waals surface area contributed by atoms with E-state index in [2.05, 4.69) is 27.5 Å². The SMILES string of the molecule is CNC(=O)c1cc(N(C)C(=O)OC(C)(C)C)c(OCC#Cc2oc3c(N[C@@H]4CCN(C)C[C@@H]4F)cccc3c2CC(F)(F)F)cn1. The number of piperidine rings is 1. The zero-order chi connectivity index (χ0) is 33.8. The van der Waals surface area contributed by atoms with Gasteiger partial charge in [-0.15, -0.1) is 0 Å². The lowest BCUT2D eigenvalue weighted by Crippen LogP contribution is -2.46. The maximum Gasteiger partial charge on any atom is 0.414 e. The number of carbonyl (C=O) groups is 2. The number of nitrogens with one attached hydrogen (secondary N) is 2. The van der Waals surface area contributed by atoms with E-state index >= 15 is 0 Å². The zero-order valence-electron chi connectivity index (χ0n) is 26.5. The quantitative estimate of drug-likeness (QED) is 0.254. The van der Waals surface area contributed by atoms with Gasteiger partial charge in [-0.1, -0.05) is 18.1 Å². The summed E-state index contributed by atoms with van der Waals surface area (Å²) in [5.74, 6) is 4.68. The van der Waals surface area contributed by atoms with Crippen LogP contribution in [0.1, 0.15) is 49.0 Å². The fraction of sp³-hybridized carbons (Fsp3) is 0.469. The molecule has 3 aromatic rings. The van der Waals surface area contributed by atoms with E-state index in [1.165, 1.54) is 32.4 Å². The fourth-order valence-corrected chi connectivity index (χ4v) is 4.90. The first-order chi connectivity index (χ1) is 21.6. The van der Waals surface area contributed by atoms with Gasteiger partial charge in [0.25, 0.3) is 5.91 Å². The van der Waals surface area contributed by atoms with E-state index in [4.69, 9.17) is 13.9 Å². The third-order valence-electron chi connectivity index (χ3n) is 7.12. The van der Waals surface area contributed by atoms with E-state index in [9.17, 15) is 27.2 Å². The normalized spacial score (nSPS) is 17.2. The molecule has 0 radical (unpaired) electrons. The number of fused-ring (bicyclic) bond motifs is 1. The summed E-state index contributed by atoms with van der Waals surface area (Å²) in [6.07, 6.45) is -5.99. The predicted molar refractivity (Wildman–Crippen MR) is 165 cm³/mol. The average Bonchev–Trinajstić information content (AvgIpc) is 3.31. The van der Waals surface area contributed by atoms with E-state index < -0.39 is 42.4 Å². The highest BCUT2D eigenvalue weighted by molar-refractivity contribution is 5.96. The molecule has 1 aromatic carbocycles. The summed E-state index contributed by atoms with van der Waals surface area (Å²) in [6, 6.07) is 5.53. The first-order valence-electron chi connectivity index (χ1n) is 14.6. The van der Waals surface area contributed by atoms with Gasteiger partial charge in [0.1, 0.15) is 24.1 Å². The number of benzene rings is 1. The summed E-state index contributed by atoms with van der Waals surface area (Å²) >= 11 is 0. The standard InChI is InChI=1S/C32H37F4N5O5/c1-31(2,3)46-30(43)41(6)25-15-24(29(42)37-4)38-17-27(25)44-14-8-11-26-20(16-32(34,35)36)19-9-7-10-23(28(19)45-26)39-22-12-13-40(5)18-21(22)33/h7,9-10,15,17,21-22,39H,12-14,16,18H2,1-6H3,(H,37,42)/t21-,22+/m0/s1. The van der Waals surface area contributed by atoms with Crippen molar-refractivity contribution in [3.63, 3.8) is 0 Å². The zero-order valence-corrected chi connectivity index (χ0v) is 26.5. The Morgan fingerprint density at radius 2 is 1.98 bits per heavy atom. The number of para-hydroxylation sites is 1. The van der Waals surface area contributed by atoms with Crippen LogP contribution in [-0.2, 0) is 11.2 Å². The van der Waals surface area contributed by atoms with E-state index in [1.54, 1.807) is 32.9 Å². The third-order valence-corrected chi connectivity index (χ3v) is 7.12. The van der Waals surface area contributed by atoms with Crippen LogP contribution in [0.4, 0.5) is 33.7 Å². The van der Waals surface area contributed by atoms with Crippen LogP contribution in [0.15, 0.2) is 34.9 Å². The number of pyridine rings is 1. The maximum absolute atomic E-state index is 14.7. The second kappa shape index (κ2) is 13.9. The van der Waals surface area contributed by atoms with Crippen molar-refractivity contribution in [1.29, 1.82) is 0 Å². The number of nitrogens with zero attached hydrogens (tertiary/aromatic N) is 3. The number of aromatic nitrogens is 1. The Balaban J connectivity index is 1.63. The van der Waals surface area contributed by atoms with Crippen LogP contribution in [0.2, 0.25) is 0 Å². The van der Waals surface area contributed by atoms with Gasteiger partial charge in [0, 0.05) is 38.1 Å². The molecule has 248 valence electrons. The van der Waals surface area contributed by atoms with E-state index in [0.29, 0.717) is 18.7 Å². The number of ether oxygens (including phenoxy) is 2. The first kappa shape index (κ1) is 34.4. The summed E-state index contributed by atoms with van der Waals surface area (Å²) in [5, 5.41) is 5.78. The molecule has 1 aliphatic heterocycles.